The zero-order chi connectivity index (χ0) is 13.0. The largest absolute Gasteiger partial charge is 0.379 e. The molecule has 2 nitrogen and oxygen atoms in total. The van der Waals surface area contributed by atoms with E-state index in [9.17, 15) is 5.26 Å². The second-order valence-electron chi connectivity index (χ2n) is 5.95. The Morgan fingerprint density at radius 1 is 1.11 bits per heavy atom. The first-order chi connectivity index (χ1) is 8.56. The van der Waals surface area contributed by atoms with Crippen LogP contribution >= 0.6 is 0 Å². The van der Waals surface area contributed by atoms with Crippen molar-refractivity contribution < 1.29 is 4.74 Å². The van der Waals surface area contributed by atoms with Crippen molar-refractivity contribution in [3.63, 3.8) is 0 Å². The van der Waals surface area contributed by atoms with Crippen LogP contribution in [0, 0.1) is 37.5 Å². The van der Waals surface area contributed by atoms with E-state index in [-0.39, 0.29) is 10.8 Å². The van der Waals surface area contributed by atoms with Gasteiger partial charge >= 0.3 is 0 Å². The van der Waals surface area contributed by atoms with Crippen LogP contribution in [0.2, 0.25) is 0 Å². The minimum Gasteiger partial charge on any atom is -0.379 e. The summed E-state index contributed by atoms with van der Waals surface area (Å²) in [7, 11) is 0. The molecule has 18 heavy (non-hydrogen) atoms. The molecule has 1 aliphatic heterocycles. The molecule has 2 aliphatic rings. The first kappa shape index (κ1) is 11.7. The second-order valence-corrected chi connectivity index (χ2v) is 5.95. The average molecular weight is 241 g/mol. The minimum absolute atomic E-state index is 0.0374. The smallest absolute Gasteiger partial charge is 0.0716 e. The predicted molar refractivity (Wildman–Crippen MR) is 70.4 cm³/mol. The predicted octanol–water partition coefficient (Wildman–Crippen LogP) is 3.18. The Labute approximate surface area is 109 Å². The van der Waals surface area contributed by atoms with Crippen LogP contribution in [0.3, 0.4) is 0 Å². The standard InChI is InChI=1S/C16H19NO/c1-11-4-5-14(13(3)12(11)2)16(9-18-10-16)15(8-17)6-7-15/h4-5H,6-7,9-10H2,1-3H3. The molecule has 0 bridgehead atoms. The van der Waals surface area contributed by atoms with Crippen molar-refractivity contribution in [1.82, 2.24) is 0 Å². The maximum atomic E-state index is 9.53. The molecule has 94 valence electrons. The zero-order valence-electron chi connectivity index (χ0n) is 11.3. The highest BCUT2D eigenvalue weighted by atomic mass is 16.5. The first-order valence-electron chi connectivity index (χ1n) is 6.63. The number of benzene rings is 1. The summed E-state index contributed by atoms with van der Waals surface area (Å²) in [5.41, 5.74) is 5.18. The Morgan fingerprint density at radius 3 is 2.22 bits per heavy atom. The van der Waals surface area contributed by atoms with Crippen LogP contribution in [0.25, 0.3) is 0 Å². The third kappa shape index (κ3) is 1.26. The van der Waals surface area contributed by atoms with Crippen molar-refractivity contribution in [3.05, 3.63) is 34.4 Å². The Hall–Kier alpha value is -1.33. The van der Waals surface area contributed by atoms with Gasteiger partial charge in [0.05, 0.1) is 30.1 Å². The molecule has 1 saturated heterocycles. The Balaban J connectivity index is 2.15. The van der Waals surface area contributed by atoms with E-state index in [1.165, 1.54) is 22.3 Å². The molecule has 0 atom stereocenters. The van der Waals surface area contributed by atoms with Gasteiger partial charge in [-0.3, -0.25) is 0 Å². The fraction of sp³-hybridized carbons (Fsp3) is 0.562. The molecule has 1 saturated carbocycles. The summed E-state index contributed by atoms with van der Waals surface area (Å²) in [6.07, 6.45) is 2.05. The average Bonchev–Trinajstić information content (AvgIpc) is 3.09. The van der Waals surface area contributed by atoms with Gasteiger partial charge < -0.3 is 4.74 Å². The van der Waals surface area contributed by atoms with Crippen LogP contribution in [-0.4, -0.2) is 13.2 Å². The number of nitriles is 1. The van der Waals surface area contributed by atoms with Gasteiger partial charge in [-0.1, -0.05) is 12.1 Å². The van der Waals surface area contributed by atoms with Crippen LogP contribution in [0.1, 0.15) is 35.1 Å². The summed E-state index contributed by atoms with van der Waals surface area (Å²) >= 11 is 0. The van der Waals surface area contributed by atoms with Crippen LogP contribution in [0.15, 0.2) is 12.1 Å². The van der Waals surface area contributed by atoms with E-state index < -0.39 is 0 Å². The van der Waals surface area contributed by atoms with Crippen LogP contribution in [-0.2, 0) is 10.2 Å². The summed E-state index contributed by atoms with van der Waals surface area (Å²) in [6.45, 7) is 7.93. The van der Waals surface area contributed by atoms with Gasteiger partial charge in [-0.2, -0.15) is 5.26 Å². The molecule has 1 aromatic carbocycles. The van der Waals surface area contributed by atoms with Crippen molar-refractivity contribution in [3.8, 4) is 6.07 Å². The zero-order valence-corrected chi connectivity index (χ0v) is 11.3. The van der Waals surface area contributed by atoms with Gasteiger partial charge in [0, 0.05) is 0 Å². The van der Waals surface area contributed by atoms with Gasteiger partial charge in [0.1, 0.15) is 0 Å². The van der Waals surface area contributed by atoms with Crippen LogP contribution in [0.4, 0.5) is 0 Å². The van der Waals surface area contributed by atoms with E-state index in [4.69, 9.17) is 4.74 Å². The summed E-state index contributed by atoms with van der Waals surface area (Å²) < 4.78 is 5.49. The summed E-state index contributed by atoms with van der Waals surface area (Å²) in [6, 6.07) is 6.98. The molecule has 2 heteroatoms. The lowest BCUT2D eigenvalue weighted by molar-refractivity contribution is -0.0870. The third-order valence-electron chi connectivity index (χ3n) is 5.15. The van der Waals surface area contributed by atoms with Gasteiger partial charge in [-0.15, -0.1) is 0 Å². The summed E-state index contributed by atoms with van der Waals surface area (Å²) in [5.74, 6) is 0. The number of hydrogen-bond donors (Lipinski definition) is 0. The molecular formula is C16H19NO. The van der Waals surface area contributed by atoms with E-state index in [0.717, 1.165) is 12.8 Å². The minimum atomic E-state index is -0.155. The number of nitrogens with zero attached hydrogens (tertiary/aromatic N) is 1. The number of rotatable bonds is 2. The molecule has 1 aliphatic carbocycles. The molecule has 0 amide bonds. The molecule has 0 radical (unpaired) electrons. The molecule has 1 heterocycles. The van der Waals surface area contributed by atoms with Gasteiger partial charge in [-0.05, 0) is 55.9 Å². The van der Waals surface area contributed by atoms with E-state index in [1.54, 1.807) is 0 Å². The van der Waals surface area contributed by atoms with Gasteiger partial charge in [0.25, 0.3) is 0 Å². The number of hydrogen-bond acceptors (Lipinski definition) is 2. The molecule has 0 aromatic heterocycles. The fourth-order valence-corrected chi connectivity index (χ4v) is 3.29. The topological polar surface area (TPSA) is 33.0 Å². The second kappa shape index (κ2) is 3.59. The molecule has 3 rings (SSSR count). The SMILES string of the molecule is Cc1ccc(C2(C3(C#N)CC3)COC2)c(C)c1C. The van der Waals surface area contributed by atoms with E-state index in [0.29, 0.717) is 13.2 Å². The highest BCUT2D eigenvalue weighted by Gasteiger charge is 2.64. The highest BCUT2D eigenvalue weighted by molar-refractivity contribution is 5.48. The van der Waals surface area contributed by atoms with Crippen molar-refractivity contribution >= 4 is 0 Å². The molecular weight excluding hydrogens is 222 g/mol. The summed E-state index contributed by atoms with van der Waals surface area (Å²) in [5, 5.41) is 9.53. The van der Waals surface area contributed by atoms with Crippen molar-refractivity contribution in [2.75, 3.05) is 13.2 Å². The molecule has 1 aromatic rings. The lowest BCUT2D eigenvalue weighted by Gasteiger charge is -2.46. The maximum Gasteiger partial charge on any atom is 0.0716 e. The number of ether oxygens (including phenoxy) is 1. The lowest BCUT2D eigenvalue weighted by Crippen LogP contribution is -2.53. The normalized spacial score (nSPS) is 23.0. The van der Waals surface area contributed by atoms with Gasteiger partial charge in [0.2, 0.25) is 0 Å². The summed E-state index contributed by atoms with van der Waals surface area (Å²) in [4.78, 5) is 0. The van der Waals surface area contributed by atoms with E-state index >= 15 is 0 Å². The quantitative estimate of drug-likeness (QED) is 0.796. The fourth-order valence-electron chi connectivity index (χ4n) is 3.29. The molecule has 0 spiro atoms. The van der Waals surface area contributed by atoms with Gasteiger partial charge in [0.15, 0.2) is 0 Å². The highest BCUT2D eigenvalue weighted by Crippen LogP contribution is 2.62. The molecule has 0 N–H and O–H groups in total. The van der Waals surface area contributed by atoms with E-state index in [2.05, 4.69) is 39.0 Å². The van der Waals surface area contributed by atoms with Gasteiger partial charge in [-0.25, -0.2) is 0 Å². The molecule has 0 unspecified atom stereocenters. The third-order valence-corrected chi connectivity index (χ3v) is 5.15. The van der Waals surface area contributed by atoms with Crippen LogP contribution in [0.5, 0.6) is 0 Å². The molecule has 2 fully saturated rings. The number of aryl methyl sites for hydroxylation is 1. The maximum absolute atomic E-state index is 9.53. The lowest BCUT2D eigenvalue weighted by atomic mass is 9.65. The van der Waals surface area contributed by atoms with E-state index in [1.807, 2.05) is 0 Å². The Morgan fingerprint density at radius 2 is 1.78 bits per heavy atom. The van der Waals surface area contributed by atoms with Crippen LogP contribution < -0.4 is 0 Å². The van der Waals surface area contributed by atoms with Crippen molar-refractivity contribution in [2.24, 2.45) is 5.41 Å². The Kier molecular flexibility index (Phi) is 2.34. The first-order valence-corrected chi connectivity index (χ1v) is 6.63. The van der Waals surface area contributed by atoms with Crippen molar-refractivity contribution in [2.45, 2.75) is 39.0 Å². The monoisotopic (exact) mass is 241 g/mol. The van der Waals surface area contributed by atoms with Crippen molar-refractivity contribution in [1.29, 1.82) is 5.26 Å². The Bertz CT molecular complexity index is 545.